The zero-order chi connectivity index (χ0) is 14.9. The van der Waals surface area contributed by atoms with Gasteiger partial charge in [-0.05, 0) is 30.4 Å². The monoisotopic (exact) mass is 288 g/mol. The van der Waals surface area contributed by atoms with E-state index in [1.54, 1.807) is 11.8 Å². The quantitative estimate of drug-likeness (QED) is 0.564. The maximum atomic E-state index is 12.1. The number of carbonyl (C=O) groups is 1. The third-order valence-electron chi connectivity index (χ3n) is 3.35. The van der Waals surface area contributed by atoms with Gasteiger partial charge in [0.25, 0.3) is 0 Å². The van der Waals surface area contributed by atoms with Gasteiger partial charge >= 0.3 is 5.97 Å². The van der Waals surface area contributed by atoms with Gasteiger partial charge in [-0.25, -0.2) is 0 Å². The molecule has 0 saturated heterocycles. The van der Waals surface area contributed by atoms with Gasteiger partial charge in [-0.3, -0.25) is 4.79 Å². The summed E-state index contributed by atoms with van der Waals surface area (Å²) in [6.07, 6.45) is 7.57. The van der Waals surface area contributed by atoms with Crippen LogP contribution in [0.2, 0.25) is 0 Å². The summed E-state index contributed by atoms with van der Waals surface area (Å²) in [6.45, 7) is 11.5. The number of unbranched alkanes of at least 4 members (excludes halogenated alkanes) is 1. The lowest BCUT2D eigenvalue weighted by Gasteiger charge is -2.24. The standard InChI is InChI=1S/C16H32O2S/c1-7-9-10-13(8-2)12-18-15(17)14(19-6)11-16(3,4)5/h13-14H,7-12H2,1-6H3. The van der Waals surface area contributed by atoms with Crippen molar-refractivity contribution in [2.24, 2.45) is 11.3 Å². The molecule has 19 heavy (non-hydrogen) atoms. The first-order valence-corrected chi connectivity index (χ1v) is 8.82. The van der Waals surface area contributed by atoms with Crippen molar-refractivity contribution >= 4 is 17.7 Å². The first-order valence-electron chi connectivity index (χ1n) is 7.53. The lowest BCUT2D eigenvalue weighted by Crippen LogP contribution is -2.27. The highest BCUT2D eigenvalue weighted by Gasteiger charge is 2.25. The molecule has 2 atom stereocenters. The van der Waals surface area contributed by atoms with Crippen LogP contribution in [0.15, 0.2) is 0 Å². The van der Waals surface area contributed by atoms with Crippen molar-refractivity contribution in [2.75, 3.05) is 12.9 Å². The molecule has 0 aliphatic rings. The molecule has 0 aromatic heterocycles. The van der Waals surface area contributed by atoms with Gasteiger partial charge in [0.2, 0.25) is 0 Å². The molecule has 3 heteroatoms. The van der Waals surface area contributed by atoms with E-state index >= 15 is 0 Å². The Kier molecular flexibility index (Phi) is 9.59. The van der Waals surface area contributed by atoms with E-state index in [9.17, 15) is 4.79 Å². The van der Waals surface area contributed by atoms with Crippen molar-refractivity contribution in [1.82, 2.24) is 0 Å². The maximum Gasteiger partial charge on any atom is 0.319 e. The molecule has 0 amide bonds. The Balaban J connectivity index is 4.18. The summed E-state index contributed by atoms with van der Waals surface area (Å²) in [4.78, 5) is 12.1. The molecule has 114 valence electrons. The van der Waals surface area contributed by atoms with E-state index in [4.69, 9.17) is 4.74 Å². The molecule has 0 spiro atoms. The molecule has 0 fully saturated rings. The molecule has 0 saturated carbocycles. The second-order valence-corrected chi connectivity index (χ2v) is 7.58. The van der Waals surface area contributed by atoms with Crippen molar-refractivity contribution in [2.45, 2.75) is 72.0 Å². The smallest absolute Gasteiger partial charge is 0.319 e. The van der Waals surface area contributed by atoms with Crippen molar-refractivity contribution in [3.63, 3.8) is 0 Å². The summed E-state index contributed by atoms with van der Waals surface area (Å²) >= 11 is 1.61. The summed E-state index contributed by atoms with van der Waals surface area (Å²) in [5.74, 6) is 0.499. The number of hydrogen-bond acceptors (Lipinski definition) is 3. The van der Waals surface area contributed by atoms with Crippen LogP contribution in [-0.4, -0.2) is 24.1 Å². The van der Waals surface area contributed by atoms with E-state index in [0.29, 0.717) is 12.5 Å². The lowest BCUT2D eigenvalue weighted by molar-refractivity contribution is -0.145. The molecule has 0 radical (unpaired) electrons. The van der Waals surface area contributed by atoms with E-state index in [1.807, 2.05) is 6.26 Å². The first-order chi connectivity index (χ1) is 8.84. The second-order valence-electron chi connectivity index (χ2n) is 6.54. The number of thioether (sulfide) groups is 1. The fraction of sp³-hybridized carbons (Fsp3) is 0.938. The van der Waals surface area contributed by atoms with E-state index in [1.165, 1.54) is 19.3 Å². The molecule has 0 bridgehead atoms. The van der Waals surface area contributed by atoms with Crippen LogP contribution >= 0.6 is 11.8 Å². The minimum absolute atomic E-state index is 0.0244. The molecule has 0 rings (SSSR count). The lowest BCUT2D eigenvalue weighted by atomic mass is 9.90. The molecule has 0 N–H and O–H groups in total. The van der Waals surface area contributed by atoms with Crippen molar-refractivity contribution < 1.29 is 9.53 Å². The summed E-state index contributed by atoms with van der Waals surface area (Å²) < 4.78 is 5.53. The zero-order valence-corrected chi connectivity index (χ0v) is 14.4. The molecule has 0 heterocycles. The summed E-state index contributed by atoms with van der Waals surface area (Å²) in [6, 6.07) is 0. The molecule has 2 unspecified atom stereocenters. The topological polar surface area (TPSA) is 26.3 Å². The Hall–Kier alpha value is -0.180. The third kappa shape index (κ3) is 9.37. The highest BCUT2D eigenvalue weighted by atomic mass is 32.2. The summed E-state index contributed by atoms with van der Waals surface area (Å²) in [5, 5.41) is -0.0244. The second kappa shape index (κ2) is 9.68. The molecule has 0 aromatic carbocycles. The third-order valence-corrected chi connectivity index (χ3v) is 4.28. The molecular formula is C16H32O2S. The first kappa shape index (κ1) is 18.8. The Labute approximate surface area is 124 Å². The van der Waals surface area contributed by atoms with Gasteiger partial charge in [0.1, 0.15) is 5.25 Å². The van der Waals surface area contributed by atoms with E-state index in [0.717, 1.165) is 12.8 Å². The Morgan fingerprint density at radius 2 is 1.89 bits per heavy atom. The number of hydrogen-bond donors (Lipinski definition) is 0. The highest BCUT2D eigenvalue weighted by molar-refractivity contribution is 7.99. The van der Waals surface area contributed by atoms with Crippen molar-refractivity contribution in [3.05, 3.63) is 0 Å². The Morgan fingerprint density at radius 3 is 2.32 bits per heavy atom. The number of esters is 1. The normalized spacial score (nSPS) is 15.1. The van der Waals surface area contributed by atoms with Crippen molar-refractivity contribution in [1.29, 1.82) is 0 Å². The number of carbonyl (C=O) groups excluding carboxylic acids is 1. The van der Waals surface area contributed by atoms with Gasteiger partial charge in [-0.1, -0.05) is 53.9 Å². The maximum absolute atomic E-state index is 12.1. The van der Waals surface area contributed by atoms with E-state index in [2.05, 4.69) is 34.6 Å². The van der Waals surface area contributed by atoms with E-state index in [-0.39, 0.29) is 16.6 Å². The van der Waals surface area contributed by atoms with Crippen molar-refractivity contribution in [3.8, 4) is 0 Å². The minimum Gasteiger partial charge on any atom is -0.465 e. The zero-order valence-electron chi connectivity index (χ0n) is 13.6. The van der Waals surface area contributed by atoms with Crippen LogP contribution in [0.3, 0.4) is 0 Å². The fourth-order valence-electron chi connectivity index (χ4n) is 2.01. The average molecular weight is 288 g/mol. The van der Waals surface area contributed by atoms with Crippen LogP contribution in [0.5, 0.6) is 0 Å². The largest absolute Gasteiger partial charge is 0.465 e. The fourth-order valence-corrected chi connectivity index (χ4v) is 2.94. The summed E-state index contributed by atoms with van der Waals surface area (Å²) in [7, 11) is 0. The predicted molar refractivity (Wildman–Crippen MR) is 85.6 cm³/mol. The Morgan fingerprint density at radius 1 is 1.26 bits per heavy atom. The van der Waals surface area contributed by atoms with Gasteiger partial charge in [0.05, 0.1) is 6.61 Å². The van der Waals surface area contributed by atoms with Crippen LogP contribution in [-0.2, 0) is 9.53 Å². The number of rotatable bonds is 9. The SMILES string of the molecule is CCCCC(CC)COC(=O)C(CC(C)(C)C)SC. The van der Waals surface area contributed by atoms with Gasteiger partial charge in [0.15, 0.2) is 0 Å². The van der Waals surface area contributed by atoms with Crippen LogP contribution < -0.4 is 0 Å². The predicted octanol–water partition coefficient (Wildman–Crippen LogP) is 4.91. The average Bonchev–Trinajstić information content (AvgIpc) is 2.34. The molecule has 2 nitrogen and oxygen atoms in total. The highest BCUT2D eigenvalue weighted by Crippen LogP contribution is 2.27. The molecule has 0 aliphatic heterocycles. The Bertz CT molecular complexity index is 246. The molecule has 0 aromatic rings. The molecular weight excluding hydrogens is 256 g/mol. The van der Waals surface area contributed by atoms with Crippen LogP contribution in [0.4, 0.5) is 0 Å². The summed E-state index contributed by atoms with van der Waals surface area (Å²) in [5.41, 5.74) is 0.166. The van der Waals surface area contributed by atoms with Crippen LogP contribution in [0.25, 0.3) is 0 Å². The minimum atomic E-state index is -0.0302. The van der Waals surface area contributed by atoms with Gasteiger partial charge in [0, 0.05) is 0 Å². The molecule has 0 aliphatic carbocycles. The van der Waals surface area contributed by atoms with Gasteiger partial charge in [-0.2, -0.15) is 11.8 Å². The van der Waals surface area contributed by atoms with Crippen LogP contribution in [0, 0.1) is 11.3 Å². The number of ether oxygens (including phenoxy) is 1. The van der Waals surface area contributed by atoms with E-state index < -0.39 is 0 Å². The van der Waals surface area contributed by atoms with Gasteiger partial charge < -0.3 is 4.74 Å². The van der Waals surface area contributed by atoms with Crippen LogP contribution in [0.1, 0.15) is 66.7 Å². The van der Waals surface area contributed by atoms with Gasteiger partial charge in [-0.15, -0.1) is 0 Å².